The Morgan fingerprint density at radius 2 is 1.18 bits per heavy atom. The summed E-state index contributed by atoms with van der Waals surface area (Å²) in [5.74, 6) is -2.09. The van der Waals surface area contributed by atoms with Crippen LogP contribution in [-0.2, 0) is 37.8 Å². The molecule has 1 N–H and O–H groups in total. The molecule has 1 aliphatic rings. The molecule has 38 heavy (non-hydrogen) atoms. The smallest absolute Gasteiger partial charge is 0.303 e. The average molecular weight is 545 g/mol. The van der Waals surface area contributed by atoms with E-state index >= 15 is 0 Å². The second kappa shape index (κ2) is 12.2. The van der Waals surface area contributed by atoms with Crippen molar-refractivity contribution in [3.05, 3.63) is 60.7 Å². The highest BCUT2D eigenvalue weighted by Crippen LogP contribution is 2.38. The zero-order chi connectivity index (χ0) is 28.1. The molecule has 0 spiro atoms. The summed E-state index contributed by atoms with van der Waals surface area (Å²) in [6.45, 7) is 9.75. The normalized spacial score (nSPS) is 23.8. The Morgan fingerprint density at radius 1 is 0.763 bits per heavy atom. The van der Waals surface area contributed by atoms with Crippen LogP contribution in [0.15, 0.2) is 60.7 Å². The van der Waals surface area contributed by atoms with E-state index in [1.165, 1.54) is 13.8 Å². The minimum absolute atomic E-state index is 0.104. The quantitative estimate of drug-likeness (QED) is 0.303. The van der Waals surface area contributed by atoms with E-state index in [4.69, 9.17) is 23.4 Å². The fourth-order valence-electron chi connectivity index (χ4n) is 4.97. The topological polar surface area (TPSA) is 118 Å². The van der Waals surface area contributed by atoms with Crippen molar-refractivity contribution in [3.8, 4) is 0 Å². The third-order valence-electron chi connectivity index (χ3n) is 6.40. The maximum atomic E-state index is 12.1. The minimum Gasteiger partial charge on any atom is -0.456 e. The highest BCUT2D eigenvalue weighted by Gasteiger charge is 2.54. The van der Waals surface area contributed by atoms with E-state index in [0.717, 1.165) is 17.3 Å². The Bertz CT molecular complexity index is 1060. The molecule has 206 valence electrons. The van der Waals surface area contributed by atoms with Gasteiger partial charge in [-0.3, -0.25) is 14.4 Å². The molecule has 1 heterocycles. The van der Waals surface area contributed by atoms with Gasteiger partial charge in [-0.2, -0.15) is 0 Å². The van der Waals surface area contributed by atoms with Gasteiger partial charge in [0.05, 0.1) is 6.61 Å². The number of benzene rings is 2. The molecule has 2 aromatic carbocycles. The minimum atomic E-state index is -3.02. The predicted molar refractivity (Wildman–Crippen MR) is 141 cm³/mol. The van der Waals surface area contributed by atoms with E-state index in [0.29, 0.717) is 0 Å². The van der Waals surface area contributed by atoms with E-state index in [9.17, 15) is 19.5 Å². The summed E-state index contributed by atoms with van der Waals surface area (Å²) < 4.78 is 28.9. The van der Waals surface area contributed by atoms with Crippen LogP contribution < -0.4 is 10.4 Å². The lowest BCUT2D eigenvalue weighted by Gasteiger charge is -2.46. The van der Waals surface area contributed by atoms with Crippen molar-refractivity contribution in [2.24, 2.45) is 0 Å². The van der Waals surface area contributed by atoms with Crippen LogP contribution in [0.5, 0.6) is 0 Å². The molecule has 9 nitrogen and oxygen atoms in total. The van der Waals surface area contributed by atoms with Crippen LogP contribution in [0.1, 0.15) is 41.5 Å². The fraction of sp³-hybridized carbons (Fsp3) is 0.464. The van der Waals surface area contributed by atoms with Gasteiger partial charge in [0.25, 0.3) is 8.32 Å². The number of hydrogen-bond donors (Lipinski definition) is 1. The first kappa shape index (κ1) is 29.5. The van der Waals surface area contributed by atoms with Crippen molar-refractivity contribution in [2.45, 2.75) is 77.3 Å². The van der Waals surface area contributed by atoms with Crippen molar-refractivity contribution in [1.29, 1.82) is 0 Å². The van der Waals surface area contributed by atoms with Gasteiger partial charge in [0.15, 0.2) is 24.6 Å². The summed E-state index contributed by atoms with van der Waals surface area (Å²) in [5.41, 5.74) is 0. The summed E-state index contributed by atoms with van der Waals surface area (Å²) in [5, 5.41) is 12.5. The van der Waals surface area contributed by atoms with E-state index in [1.54, 1.807) is 0 Å². The third kappa shape index (κ3) is 6.50. The number of rotatable bonds is 8. The summed E-state index contributed by atoms with van der Waals surface area (Å²) >= 11 is 0. The van der Waals surface area contributed by atoms with Gasteiger partial charge in [0.1, 0.15) is 6.10 Å². The van der Waals surface area contributed by atoms with Gasteiger partial charge in [0.2, 0.25) is 0 Å². The van der Waals surface area contributed by atoms with Crippen molar-refractivity contribution in [1.82, 2.24) is 0 Å². The summed E-state index contributed by atoms with van der Waals surface area (Å²) in [7, 11) is -3.02. The average Bonchev–Trinajstić information content (AvgIpc) is 2.83. The van der Waals surface area contributed by atoms with E-state index in [2.05, 4.69) is 20.8 Å². The lowest BCUT2D eigenvalue weighted by molar-refractivity contribution is -0.294. The van der Waals surface area contributed by atoms with Crippen LogP contribution in [0.4, 0.5) is 0 Å². The van der Waals surface area contributed by atoms with Gasteiger partial charge in [0, 0.05) is 20.8 Å². The van der Waals surface area contributed by atoms with E-state index in [-0.39, 0.29) is 11.6 Å². The number of esters is 3. The summed E-state index contributed by atoms with van der Waals surface area (Å²) in [6, 6.07) is 19.8. The Balaban J connectivity index is 2.06. The lowest BCUT2D eigenvalue weighted by atomic mass is 9.98. The number of aliphatic hydroxyl groups excluding tert-OH is 1. The van der Waals surface area contributed by atoms with Crippen molar-refractivity contribution >= 4 is 36.6 Å². The maximum absolute atomic E-state index is 12.1. The van der Waals surface area contributed by atoms with Crippen molar-refractivity contribution in [2.75, 3.05) is 6.61 Å². The molecule has 3 rings (SSSR count). The lowest BCUT2D eigenvalue weighted by Crippen LogP contribution is -2.68. The number of carbonyl (C=O) groups excluding carboxylic acids is 3. The van der Waals surface area contributed by atoms with Crippen LogP contribution >= 0.6 is 0 Å². The van der Waals surface area contributed by atoms with Crippen molar-refractivity contribution < 1.29 is 42.9 Å². The molecule has 0 aromatic heterocycles. The molecule has 1 fully saturated rings. The fourth-order valence-corrected chi connectivity index (χ4v) is 9.54. The molecular weight excluding hydrogens is 508 g/mol. The number of carbonyl (C=O) groups is 3. The molecule has 2 aromatic rings. The third-order valence-corrected chi connectivity index (χ3v) is 11.4. The molecule has 0 saturated carbocycles. The second-order valence-electron chi connectivity index (χ2n) is 10.3. The highest BCUT2D eigenvalue weighted by atomic mass is 28.4. The van der Waals surface area contributed by atoms with Crippen LogP contribution in [0, 0.1) is 0 Å². The van der Waals surface area contributed by atoms with Gasteiger partial charge in [-0.15, -0.1) is 0 Å². The monoisotopic (exact) mass is 544 g/mol. The number of aliphatic hydroxyl groups is 1. The Kier molecular flexibility index (Phi) is 9.48. The first-order valence-corrected chi connectivity index (χ1v) is 14.4. The standard InChI is InChI=1S/C28H36O9Si/c1-18(29)34-24-23(37-27(32)26(36-20(3)31)25(24)35-19(2)30)17-33-38(28(4,5)6,21-13-9-7-10-14-21)22-15-11-8-12-16-22/h7-16,23-27,32H,17H2,1-6H3/t23-,24-,25-,26+,27-/m1/s1. The van der Waals surface area contributed by atoms with Gasteiger partial charge < -0.3 is 28.5 Å². The summed E-state index contributed by atoms with van der Waals surface area (Å²) in [6.07, 6.45) is -6.60. The molecule has 5 atom stereocenters. The molecule has 0 aliphatic carbocycles. The van der Waals surface area contributed by atoms with Crippen molar-refractivity contribution in [3.63, 3.8) is 0 Å². The highest BCUT2D eigenvalue weighted by molar-refractivity contribution is 6.99. The predicted octanol–water partition coefficient (Wildman–Crippen LogP) is 2.08. The van der Waals surface area contributed by atoms with E-state index in [1.807, 2.05) is 60.7 Å². The zero-order valence-electron chi connectivity index (χ0n) is 22.6. The van der Waals surface area contributed by atoms with Crippen LogP contribution in [0.2, 0.25) is 5.04 Å². The Morgan fingerprint density at radius 3 is 1.61 bits per heavy atom. The number of ether oxygens (including phenoxy) is 4. The first-order valence-electron chi connectivity index (χ1n) is 12.5. The van der Waals surface area contributed by atoms with Crippen LogP contribution in [-0.4, -0.2) is 68.6 Å². The largest absolute Gasteiger partial charge is 0.456 e. The molecule has 1 aliphatic heterocycles. The van der Waals surface area contributed by atoms with Gasteiger partial charge in [-0.25, -0.2) is 0 Å². The molecular formula is C28H36O9Si. The van der Waals surface area contributed by atoms with Gasteiger partial charge >= 0.3 is 17.9 Å². The summed E-state index contributed by atoms with van der Waals surface area (Å²) in [4.78, 5) is 35.8. The van der Waals surface area contributed by atoms with E-state index < -0.39 is 56.9 Å². The maximum Gasteiger partial charge on any atom is 0.303 e. The van der Waals surface area contributed by atoms with Gasteiger partial charge in [-0.1, -0.05) is 81.4 Å². The Hall–Kier alpha value is -3.05. The van der Waals surface area contributed by atoms with Crippen LogP contribution in [0.3, 0.4) is 0 Å². The molecule has 1 saturated heterocycles. The van der Waals surface area contributed by atoms with Crippen LogP contribution in [0.25, 0.3) is 0 Å². The molecule has 0 radical (unpaired) electrons. The molecule has 0 amide bonds. The Labute approximate surface area is 224 Å². The SMILES string of the molecule is CC(=O)O[C@H]1[C@H](OC(C)=O)[C@H](O)O[C@H](CO[Si](c2ccccc2)(c2ccccc2)C(C)(C)C)[C@H]1OC(C)=O. The second-order valence-corrected chi connectivity index (χ2v) is 14.6. The molecule has 0 bridgehead atoms. The van der Waals surface area contributed by atoms with Gasteiger partial charge in [-0.05, 0) is 15.4 Å². The zero-order valence-corrected chi connectivity index (χ0v) is 23.6. The first-order chi connectivity index (χ1) is 17.9. The molecule has 0 unspecified atom stereocenters. The molecule has 10 heteroatoms. The number of hydrogen-bond acceptors (Lipinski definition) is 9.